The van der Waals surface area contributed by atoms with Gasteiger partial charge in [0.15, 0.2) is 5.82 Å². The van der Waals surface area contributed by atoms with Gasteiger partial charge in [0.05, 0.1) is 5.69 Å². The number of hydrogen-bond acceptors (Lipinski definition) is 1. The quantitative estimate of drug-likeness (QED) is 0.597. The van der Waals surface area contributed by atoms with E-state index < -0.39 is 12.2 Å². The first-order chi connectivity index (χ1) is 6.06. The summed E-state index contributed by atoms with van der Waals surface area (Å²) in [6.45, 7) is 0. The van der Waals surface area contributed by atoms with Gasteiger partial charge in [-0.2, -0.15) is 0 Å². The maximum atomic E-state index is 12.8. The van der Waals surface area contributed by atoms with Gasteiger partial charge in [0.25, 0.3) is 6.43 Å². The zero-order chi connectivity index (χ0) is 10.0. The van der Waals surface area contributed by atoms with Crippen molar-refractivity contribution >= 4 is 31.9 Å². The molecule has 0 N–H and O–H groups in total. The Morgan fingerprint density at radius 3 is 2.54 bits per heavy atom. The van der Waals surface area contributed by atoms with Crippen LogP contribution in [0.2, 0.25) is 0 Å². The summed E-state index contributed by atoms with van der Waals surface area (Å²) >= 11 is 5.81. The Morgan fingerprint density at radius 1 is 1.46 bits per heavy atom. The topological polar surface area (TPSA) is 12.9 Å². The minimum atomic E-state index is -2.71. The van der Waals surface area contributed by atoms with Crippen LogP contribution in [0.3, 0.4) is 0 Å². The zero-order valence-electron chi connectivity index (χ0n) is 6.20. The highest BCUT2D eigenvalue weighted by Gasteiger charge is 2.16. The monoisotopic (exact) mass is 317 g/mol. The summed E-state index contributed by atoms with van der Waals surface area (Å²) in [6, 6.07) is 0.790. The van der Waals surface area contributed by atoms with Crippen LogP contribution < -0.4 is 0 Å². The lowest BCUT2D eigenvalue weighted by molar-refractivity contribution is 0.149. The molecule has 1 nitrogen and oxygen atoms in total. The molecule has 0 aliphatic carbocycles. The van der Waals surface area contributed by atoms with Crippen molar-refractivity contribution in [3.8, 4) is 0 Å². The maximum absolute atomic E-state index is 12.8. The van der Waals surface area contributed by atoms with Crippen LogP contribution in [-0.2, 0) is 5.33 Å². The molecule has 0 aliphatic heterocycles. The highest BCUT2D eigenvalue weighted by Crippen LogP contribution is 2.26. The molecule has 0 bridgehead atoms. The van der Waals surface area contributed by atoms with Crippen LogP contribution in [-0.4, -0.2) is 4.98 Å². The molecule has 0 radical (unpaired) electrons. The molecule has 0 fully saturated rings. The SMILES string of the molecule is Fc1cc(C(F)F)c(CBr)nc1Br. The van der Waals surface area contributed by atoms with Gasteiger partial charge < -0.3 is 0 Å². The Kier molecular flexibility index (Phi) is 3.73. The minimum Gasteiger partial charge on any atom is -0.241 e. The van der Waals surface area contributed by atoms with Gasteiger partial charge in [0, 0.05) is 10.9 Å². The van der Waals surface area contributed by atoms with E-state index in [0.717, 1.165) is 6.07 Å². The van der Waals surface area contributed by atoms with Crippen molar-refractivity contribution in [3.05, 3.63) is 27.7 Å². The second kappa shape index (κ2) is 4.41. The first kappa shape index (κ1) is 11.0. The molecule has 0 unspecified atom stereocenters. The number of rotatable bonds is 2. The van der Waals surface area contributed by atoms with E-state index in [2.05, 4.69) is 36.8 Å². The first-order valence-corrected chi connectivity index (χ1v) is 5.16. The van der Waals surface area contributed by atoms with Gasteiger partial charge >= 0.3 is 0 Å². The zero-order valence-corrected chi connectivity index (χ0v) is 9.37. The lowest BCUT2D eigenvalue weighted by Gasteiger charge is -2.06. The molecular weight excluding hydrogens is 315 g/mol. The Balaban J connectivity index is 3.25. The largest absolute Gasteiger partial charge is 0.265 e. The van der Waals surface area contributed by atoms with Crippen LogP contribution in [0.5, 0.6) is 0 Å². The van der Waals surface area contributed by atoms with E-state index in [4.69, 9.17) is 0 Å². The third-order valence-electron chi connectivity index (χ3n) is 1.41. The molecule has 1 aromatic heterocycles. The standard InChI is InChI=1S/C7H4Br2F3N/c8-2-5-3(7(11)12)1-4(10)6(9)13-5/h1,7H,2H2. The minimum absolute atomic E-state index is 0.0497. The molecule has 0 saturated carbocycles. The van der Waals surface area contributed by atoms with Crippen molar-refractivity contribution in [1.29, 1.82) is 0 Å². The van der Waals surface area contributed by atoms with E-state index in [9.17, 15) is 13.2 Å². The van der Waals surface area contributed by atoms with Gasteiger partial charge in [0.2, 0.25) is 0 Å². The molecule has 1 heterocycles. The van der Waals surface area contributed by atoms with E-state index in [-0.39, 0.29) is 21.2 Å². The molecule has 72 valence electrons. The summed E-state index contributed by atoms with van der Waals surface area (Å²) < 4.78 is 37.3. The van der Waals surface area contributed by atoms with Crippen molar-refractivity contribution in [2.75, 3.05) is 0 Å². The summed E-state index contributed by atoms with van der Waals surface area (Å²) in [5, 5.41) is 0.172. The van der Waals surface area contributed by atoms with Gasteiger partial charge in [-0.25, -0.2) is 18.2 Å². The van der Waals surface area contributed by atoms with Gasteiger partial charge in [-0.3, -0.25) is 0 Å². The second-order valence-corrected chi connectivity index (χ2v) is 3.54. The summed E-state index contributed by atoms with van der Waals surface area (Å²) in [5.74, 6) is -0.778. The van der Waals surface area contributed by atoms with E-state index in [1.54, 1.807) is 0 Å². The van der Waals surface area contributed by atoms with E-state index >= 15 is 0 Å². The molecule has 0 spiro atoms. The number of halogens is 5. The summed E-state index contributed by atoms with van der Waals surface area (Å²) in [6.07, 6.45) is -2.71. The van der Waals surface area contributed by atoms with Gasteiger partial charge in [-0.05, 0) is 22.0 Å². The predicted molar refractivity (Wildman–Crippen MR) is 49.5 cm³/mol. The molecule has 6 heteroatoms. The highest BCUT2D eigenvalue weighted by molar-refractivity contribution is 9.10. The lowest BCUT2D eigenvalue weighted by Crippen LogP contribution is -1.98. The number of hydrogen-bond donors (Lipinski definition) is 0. The molecule has 0 aliphatic rings. The third kappa shape index (κ3) is 2.43. The van der Waals surface area contributed by atoms with Crippen molar-refractivity contribution in [2.45, 2.75) is 11.8 Å². The summed E-state index contributed by atoms with van der Waals surface area (Å²) in [4.78, 5) is 3.63. The number of aromatic nitrogens is 1. The van der Waals surface area contributed by atoms with Crippen molar-refractivity contribution in [1.82, 2.24) is 4.98 Å². The highest BCUT2D eigenvalue weighted by atomic mass is 79.9. The van der Waals surface area contributed by atoms with Crippen LogP contribution in [0.25, 0.3) is 0 Å². The maximum Gasteiger partial charge on any atom is 0.265 e. The smallest absolute Gasteiger partial charge is 0.241 e. The Hall–Kier alpha value is -0.100. The number of alkyl halides is 3. The fourth-order valence-electron chi connectivity index (χ4n) is 0.812. The molecule has 0 amide bonds. The lowest BCUT2D eigenvalue weighted by atomic mass is 10.2. The molecule has 0 saturated heterocycles. The number of nitrogens with zero attached hydrogens (tertiary/aromatic N) is 1. The van der Waals surface area contributed by atoms with E-state index in [1.165, 1.54) is 0 Å². The molecule has 0 atom stereocenters. The molecule has 1 aromatic rings. The van der Waals surface area contributed by atoms with E-state index in [1.807, 2.05) is 0 Å². The van der Waals surface area contributed by atoms with Crippen molar-refractivity contribution in [3.63, 3.8) is 0 Å². The third-order valence-corrected chi connectivity index (χ3v) is 2.49. The molecule has 13 heavy (non-hydrogen) atoms. The van der Waals surface area contributed by atoms with Crippen LogP contribution in [0.4, 0.5) is 13.2 Å². The van der Waals surface area contributed by atoms with Crippen LogP contribution >= 0.6 is 31.9 Å². The summed E-state index contributed by atoms with van der Waals surface area (Å²) in [7, 11) is 0. The van der Waals surface area contributed by atoms with Crippen molar-refractivity contribution < 1.29 is 13.2 Å². The average molecular weight is 319 g/mol. The fraction of sp³-hybridized carbons (Fsp3) is 0.286. The Morgan fingerprint density at radius 2 is 2.08 bits per heavy atom. The Labute approximate surface area is 89.6 Å². The van der Waals surface area contributed by atoms with Crippen LogP contribution in [0.1, 0.15) is 17.7 Å². The molecular formula is C7H4Br2F3N. The summed E-state index contributed by atoms with van der Waals surface area (Å²) in [5.41, 5.74) is -0.235. The first-order valence-electron chi connectivity index (χ1n) is 3.25. The fourth-order valence-corrected chi connectivity index (χ4v) is 1.59. The Bertz CT molecular complexity index is 317. The normalized spacial score (nSPS) is 10.9. The van der Waals surface area contributed by atoms with Crippen LogP contribution in [0.15, 0.2) is 10.7 Å². The molecule has 0 aromatic carbocycles. The van der Waals surface area contributed by atoms with Gasteiger partial charge in [-0.15, -0.1) is 0 Å². The van der Waals surface area contributed by atoms with Crippen molar-refractivity contribution in [2.24, 2.45) is 0 Å². The van der Waals surface area contributed by atoms with Gasteiger partial charge in [-0.1, -0.05) is 15.9 Å². The van der Waals surface area contributed by atoms with Gasteiger partial charge in [0.1, 0.15) is 4.60 Å². The second-order valence-electron chi connectivity index (χ2n) is 2.23. The predicted octanol–water partition coefficient (Wildman–Crippen LogP) is 3.82. The molecule has 1 rings (SSSR count). The van der Waals surface area contributed by atoms with E-state index in [0.29, 0.717) is 0 Å². The number of pyridine rings is 1. The average Bonchev–Trinajstić information content (AvgIpc) is 2.08. The van der Waals surface area contributed by atoms with Crippen LogP contribution in [0, 0.1) is 5.82 Å².